The van der Waals surface area contributed by atoms with E-state index in [0.717, 1.165) is 23.8 Å². The summed E-state index contributed by atoms with van der Waals surface area (Å²) in [6.07, 6.45) is 12.2. The number of halogens is 2. The average molecular weight is 340 g/mol. The molecule has 0 nitrogen and oxygen atoms in total. The molecular weight excluding hydrogens is 314 g/mol. The standard InChI is InChI=1S/C23H26F2/c1-2-3-17-4-6-18(7-5-17)8-9-19-10-12-20(13-11-19)21-14-15-22(24)23(25)16-21/h2-3,10-18H,4-9H2,1H3/b3-2+. The first-order valence-electron chi connectivity index (χ1n) is 9.33. The van der Waals surface area contributed by atoms with Crippen molar-refractivity contribution in [2.45, 2.75) is 45.4 Å². The molecule has 0 aliphatic heterocycles. The monoisotopic (exact) mass is 340 g/mol. The van der Waals surface area contributed by atoms with E-state index >= 15 is 0 Å². The molecule has 0 amide bonds. The first-order chi connectivity index (χ1) is 12.2. The first kappa shape index (κ1) is 17.8. The summed E-state index contributed by atoms with van der Waals surface area (Å²) in [5.74, 6) is 0.0311. The third-order valence-electron chi connectivity index (χ3n) is 5.40. The van der Waals surface area contributed by atoms with Crippen molar-refractivity contribution in [3.05, 3.63) is 71.8 Å². The summed E-state index contributed by atoms with van der Waals surface area (Å²) in [7, 11) is 0. The molecule has 1 fully saturated rings. The van der Waals surface area contributed by atoms with E-state index in [2.05, 4.69) is 31.2 Å². The number of aryl methyl sites for hydroxylation is 1. The topological polar surface area (TPSA) is 0 Å². The van der Waals surface area contributed by atoms with Gasteiger partial charge in [-0.3, -0.25) is 0 Å². The van der Waals surface area contributed by atoms with E-state index < -0.39 is 11.6 Å². The Labute approximate surface area is 149 Å². The Morgan fingerprint density at radius 1 is 0.880 bits per heavy atom. The van der Waals surface area contributed by atoms with Crippen molar-refractivity contribution in [3.8, 4) is 11.1 Å². The molecule has 132 valence electrons. The largest absolute Gasteiger partial charge is 0.204 e. The summed E-state index contributed by atoms with van der Waals surface area (Å²) < 4.78 is 26.4. The molecule has 2 heteroatoms. The van der Waals surface area contributed by atoms with Gasteiger partial charge in [-0.1, -0.05) is 42.5 Å². The molecule has 2 aromatic rings. The van der Waals surface area contributed by atoms with Crippen molar-refractivity contribution in [3.63, 3.8) is 0 Å². The minimum atomic E-state index is -0.801. The molecule has 3 rings (SSSR count). The second-order valence-electron chi connectivity index (χ2n) is 7.17. The van der Waals surface area contributed by atoms with Crippen LogP contribution in [0, 0.1) is 23.5 Å². The molecule has 0 saturated heterocycles. The fourth-order valence-corrected chi connectivity index (χ4v) is 3.85. The fourth-order valence-electron chi connectivity index (χ4n) is 3.85. The lowest BCUT2D eigenvalue weighted by Crippen LogP contribution is -2.13. The number of hydrogen-bond acceptors (Lipinski definition) is 0. The second-order valence-corrected chi connectivity index (χ2v) is 7.17. The van der Waals surface area contributed by atoms with Crippen molar-refractivity contribution in [1.29, 1.82) is 0 Å². The van der Waals surface area contributed by atoms with Crippen LogP contribution in [0.4, 0.5) is 8.78 Å². The van der Waals surface area contributed by atoms with E-state index in [0.29, 0.717) is 5.56 Å². The highest BCUT2D eigenvalue weighted by Gasteiger charge is 2.19. The van der Waals surface area contributed by atoms with E-state index in [1.165, 1.54) is 49.8 Å². The summed E-state index contributed by atoms with van der Waals surface area (Å²) in [6.45, 7) is 2.11. The Morgan fingerprint density at radius 2 is 1.56 bits per heavy atom. The molecule has 0 aromatic heterocycles. The van der Waals surface area contributed by atoms with Crippen molar-refractivity contribution >= 4 is 0 Å². The summed E-state index contributed by atoms with van der Waals surface area (Å²) in [5.41, 5.74) is 2.96. The molecule has 1 saturated carbocycles. The van der Waals surface area contributed by atoms with Gasteiger partial charge in [0.05, 0.1) is 0 Å². The van der Waals surface area contributed by atoms with Gasteiger partial charge in [0.1, 0.15) is 0 Å². The van der Waals surface area contributed by atoms with Gasteiger partial charge in [0.15, 0.2) is 11.6 Å². The Kier molecular flexibility index (Phi) is 6.01. The lowest BCUT2D eigenvalue weighted by molar-refractivity contribution is 0.296. The van der Waals surface area contributed by atoms with Crippen LogP contribution in [-0.4, -0.2) is 0 Å². The highest BCUT2D eigenvalue weighted by atomic mass is 19.2. The normalized spacial score (nSPS) is 20.9. The minimum absolute atomic E-state index is 0.716. The van der Waals surface area contributed by atoms with Gasteiger partial charge >= 0.3 is 0 Å². The Balaban J connectivity index is 1.54. The third kappa shape index (κ3) is 4.78. The molecule has 0 heterocycles. The molecule has 0 radical (unpaired) electrons. The van der Waals surface area contributed by atoms with E-state index in [4.69, 9.17) is 0 Å². The number of hydrogen-bond donors (Lipinski definition) is 0. The number of rotatable bonds is 5. The van der Waals surface area contributed by atoms with Gasteiger partial charge in [0.25, 0.3) is 0 Å². The van der Waals surface area contributed by atoms with Crippen molar-refractivity contribution in [2.24, 2.45) is 11.8 Å². The number of allylic oxidation sites excluding steroid dienone is 2. The molecular formula is C23H26F2. The molecule has 0 N–H and O–H groups in total. The van der Waals surface area contributed by atoms with Crippen molar-refractivity contribution in [1.82, 2.24) is 0 Å². The summed E-state index contributed by atoms with van der Waals surface area (Å²) >= 11 is 0. The average Bonchev–Trinajstić information content (AvgIpc) is 2.64. The van der Waals surface area contributed by atoms with Gasteiger partial charge < -0.3 is 0 Å². The summed E-state index contributed by atoms with van der Waals surface area (Å²) in [5, 5.41) is 0. The third-order valence-corrected chi connectivity index (χ3v) is 5.40. The maximum Gasteiger partial charge on any atom is 0.159 e. The maximum absolute atomic E-state index is 13.4. The van der Waals surface area contributed by atoms with Crippen LogP contribution < -0.4 is 0 Å². The molecule has 0 unspecified atom stereocenters. The SMILES string of the molecule is C/C=C/C1CCC(CCc2ccc(-c3ccc(F)c(F)c3)cc2)CC1. The molecule has 25 heavy (non-hydrogen) atoms. The quantitative estimate of drug-likeness (QED) is 0.517. The molecule has 1 aliphatic carbocycles. The predicted octanol–water partition coefficient (Wildman–Crippen LogP) is 6.95. The molecule has 2 aromatic carbocycles. The van der Waals surface area contributed by atoms with E-state index in [1.807, 2.05) is 12.1 Å². The van der Waals surface area contributed by atoms with Crippen LogP contribution in [0.25, 0.3) is 11.1 Å². The summed E-state index contributed by atoms with van der Waals surface area (Å²) in [4.78, 5) is 0. The molecule has 0 bridgehead atoms. The zero-order chi connectivity index (χ0) is 17.6. The van der Waals surface area contributed by atoms with Gasteiger partial charge in [0, 0.05) is 0 Å². The van der Waals surface area contributed by atoms with E-state index in [9.17, 15) is 8.78 Å². The highest BCUT2D eigenvalue weighted by molar-refractivity contribution is 5.63. The van der Waals surface area contributed by atoms with E-state index in [-0.39, 0.29) is 0 Å². The Hall–Kier alpha value is -1.96. The zero-order valence-corrected chi connectivity index (χ0v) is 14.8. The predicted molar refractivity (Wildman–Crippen MR) is 100 cm³/mol. The Morgan fingerprint density at radius 3 is 2.20 bits per heavy atom. The first-order valence-corrected chi connectivity index (χ1v) is 9.33. The second kappa shape index (κ2) is 8.42. The molecule has 0 spiro atoms. The molecule has 0 atom stereocenters. The zero-order valence-electron chi connectivity index (χ0n) is 14.8. The van der Waals surface area contributed by atoms with E-state index in [1.54, 1.807) is 6.07 Å². The van der Waals surface area contributed by atoms with Gasteiger partial charge in [-0.05, 0) is 86.1 Å². The van der Waals surface area contributed by atoms with Gasteiger partial charge in [-0.15, -0.1) is 0 Å². The van der Waals surface area contributed by atoms with Gasteiger partial charge in [-0.25, -0.2) is 8.78 Å². The van der Waals surface area contributed by atoms with Gasteiger partial charge in [0.2, 0.25) is 0 Å². The molecule has 1 aliphatic rings. The lowest BCUT2D eigenvalue weighted by atomic mass is 9.79. The summed E-state index contributed by atoms with van der Waals surface area (Å²) in [6, 6.07) is 12.3. The highest BCUT2D eigenvalue weighted by Crippen LogP contribution is 2.32. The van der Waals surface area contributed by atoms with Crippen LogP contribution in [0.3, 0.4) is 0 Å². The van der Waals surface area contributed by atoms with Crippen LogP contribution in [-0.2, 0) is 6.42 Å². The fraction of sp³-hybridized carbons (Fsp3) is 0.391. The van der Waals surface area contributed by atoms with Crippen LogP contribution >= 0.6 is 0 Å². The van der Waals surface area contributed by atoms with Crippen LogP contribution in [0.2, 0.25) is 0 Å². The van der Waals surface area contributed by atoms with Crippen LogP contribution in [0.1, 0.15) is 44.6 Å². The Bertz CT molecular complexity index is 707. The smallest absolute Gasteiger partial charge is 0.159 e. The van der Waals surface area contributed by atoms with Gasteiger partial charge in [-0.2, -0.15) is 0 Å². The maximum atomic E-state index is 13.4. The van der Waals surface area contributed by atoms with Crippen LogP contribution in [0.5, 0.6) is 0 Å². The van der Waals surface area contributed by atoms with Crippen molar-refractivity contribution in [2.75, 3.05) is 0 Å². The lowest BCUT2D eigenvalue weighted by Gasteiger charge is -2.26. The minimum Gasteiger partial charge on any atom is -0.204 e. The van der Waals surface area contributed by atoms with Crippen LogP contribution in [0.15, 0.2) is 54.6 Å². The number of benzene rings is 2. The van der Waals surface area contributed by atoms with Crippen molar-refractivity contribution < 1.29 is 8.78 Å².